The Morgan fingerprint density at radius 3 is 2.60 bits per heavy atom. The number of carbonyl (C=O) groups excluding carboxylic acids is 1. The van der Waals surface area contributed by atoms with Gasteiger partial charge in [0.25, 0.3) is 5.91 Å². The van der Waals surface area contributed by atoms with Crippen LogP contribution in [-0.4, -0.2) is 11.7 Å². The van der Waals surface area contributed by atoms with Gasteiger partial charge < -0.3 is 0 Å². The average molecular weight is 220 g/mol. The molecule has 1 rings (SSSR count). The minimum absolute atomic E-state index is 0.301. The number of nitrogens with two attached hydrogens (primary N) is 1. The summed E-state index contributed by atoms with van der Waals surface area (Å²) in [5, 5.41) is 0. The molecule has 0 spiro atoms. The second-order valence-electron chi connectivity index (χ2n) is 2.83. The smallest absolute Gasteiger partial charge is 0.265 e. The number of carbonyl (C=O) groups is 1. The summed E-state index contributed by atoms with van der Waals surface area (Å²) in [6.07, 6.45) is 0.758. The summed E-state index contributed by atoms with van der Waals surface area (Å²) in [6, 6.07) is 6.95. The third-order valence-electron chi connectivity index (χ3n) is 1.75. The molecule has 1 aromatic carbocycles. The molecule has 0 heterocycles. The summed E-state index contributed by atoms with van der Waals surface area (Å²) in [5.41, 5.74) is 3.47. The van der Waals surface area contributed by atoms with E-state index in [2.05, 4.69) is 29.9 Å². The molecule has 0 aliphatic carbocycles. The zero-order chi connectivity index (χ0) is 11.1. The van der Waals surface area contributed by atoms with Crippen molar-refractivity contribution in [2.45, 2.75) is 6.42 Å². The fourth-order valence-electron chi connectivity index (χ4n) is 1.01. The number of nitrogen functional groups attached to an aromatic ring is 1. The Labute approximate surface area is 94.4 Å². The molecular formula is C11H12N2OS. The van der Waals surface area contributed by atoms with E-state index in [4.69, 9.17) is 5.84 Å². The fourth-order valence-corrected chi connectivity index (χ4v) is 1.12. The minimum Gasteiger partial charge on any atom is -0.290 e. The van der Waals surface area contributed by atoms with Crippen LogP contribution in [0, 0.1) is 11.8 Å². The van der Waals surface area contributed by atoms with E-state index in [1.165, 1.54) is 0 Å². The third-order valence-corrected chi connectivity index (χ3v) is 1.97. The van der Waals surface area contributed by atoms with Gasteiger partial charge in [0.2, 0.25) is 0 Å². The molecule has 0 fully saturated rings. The molecule has 3 nitrogen and oxygen atoms in total. The molecule has 1 aromatic rings. The van der Waals surface area contributed by atoms with Crippen LogP contribution in [0.4, 0.5) is 0 Å². The maximum atomic E-state index is 11.1. The quantitative estimate of drug-likeness (QED) is 0.229. The summed E-state index contributed by atoms with van der Waals surface area (Å²) in [4.78, 5) is 11.1. The van der Waals surface area contributed by atoms with Crippen LogP contribution < -0.4 is 11.3 Å². The third kappa shape index (κ3) is 3.66. The number of amides is 1. The number of rotatable bonds is 2. The van der Waals surface area contributed by atoms with Crippen molar-refractivity contribution in [3.63, 3.8) is 0 Å². The summed E-state index contributed by atoms with van der Waals surface area (Å²) in [7, 11) is 0. The van der Waals surface area contributed by atoms with Gasteiger partial charge in [0.05, 0.1) is 0 Å². The predicted molar refractivity (Wildman–Crippen MR) is 63.4 cm³/mol. The number of thiol groups is 1. The normalized spacial score (nSPS) is 8.93. The minimum atomic E-state index is -0.301. The van der Waals surface area contributed by atoms with Crippen molar-refractivity contribution in [2.24, 2.45) is 5.84 Å². The average Bonchev–Trinajstić information content (AvgIpc) is 2.29. The first kappa shape index (κ1) is 11.6. The lowest BCUT2D eigenvalue weighted by Crippen LogP contribution is -2.29. The van der Waals surface area contributed by atoms with Gasteiger partial charge in [0, 0.05) is 23.3 Å². The van der Waals surface area contributed by atoms with Crippen LogP contribution in [0.5, 0.6) is 0 Å². The van der Waals surface area contributed by atoms with Gasteiger partial charge in [-0.05, 0) is 24.3 Å². The largest absolute Gasteiger partial charge is 0.290 e. The second-order valence-corrected chi connectivity index (χ2v) is 3.27. The van der Waals surface area contributed by atoms with Crippen LogP contribution in [0.2, 0.25) is 0 Å². The fraction of sp³-hybridized carbons (Fsp3) is 0.182. The van der Waals surface area contributed by atoms with Gasteiger partial charge in [-0.3, -0.25) is 10.2 Å². The van der Waals surface area contributed by atoms with Gasteiger partial charge in [-0.2, -0.15) is 12.6 Å². The van der Waals surface area contributed by atoms with E-state index >= 15 is 0 Å². The van der Waals surface area contributed by atoms with Gasteiger partial charge in [0.1, 0.15) is 0 Å². The van der Waals surface area contributed by atoms with E-state index in [9.17, 15) is 4.79 Å². The highest BCUT2D eigenvalue weighted by Gasteiger charge is 2.00. The van der Waals surface area contributed by atoms with Crippen molar-refractivity contribution in [3.05, 3.63) is 35.4 Å². The summed E-state index contributed by atoms with van der Waals surface area (Å²) in [5.74, 6) is 11.4. The van der Waals surface area contributed by atoms with E-state index in [0.717, 1.165) is 17.7 Å². The standard InChI is InChI=1S/C11H12N2OS/c12-13-11(14)10-6-4-9(5-7-10)3-1-2-8-15/h4-7,15H,2,8,12H2,(H,13,14). The lowest BCUT2D eigenvalue weighted by Gasteiger charge is -1.98. The summed E-state index contributed by atoms with van der Waals surface area (Å²) >= 11 is 4.05. The molecule has 3 N–H and O–H groups in total. The Balaban J connectivity index is 2.73. The van der Waals surface area contributed by atoms with E-state index in [0.29, 0.717) is 5.56 Å². The highest BCUT2D eigenvalue weighted by Crippen LogP contribution is 2.02. The van der Waals surface area contributed by atoms with Gasteiger partial charge >= 0.3 is 0 Å². The van der Waals surface area contributed by atoms with E-state index in [-0.39, 0.29) is 5.91 Å². The molecule has 0 bridgehead atoms. The van der Waals surface area contributed by atoms with Crippen LogP contribution in [0.25, 0.3) is 0 Å². The van der Waals surface area contributed by atoms with Crippen LogP contribution >= 0.6 is 12.6 Å². The second kappa shape index (κ2) is 6.12. The lowest BCUT2D eigenvalue weighted by atomic mass is 10.1. The van der Waals surface area contributed by atoms with Crippen molar-refractivity contribution >= 4 is 18.5 Å². The van der Waals surface area contributed by atoms with Crippen molar-refractivity contribution < 1.29 is 4.79 Å². The molecule has 15 heavy (non-hydrogen) atoms. The highest BCUT2D eigenvalue weighted by atomic mass is 32.1. The van der Waals surface area contributed by atoms with Crippen molar-refractivity contribution in [2.75, 3.05) is 5.75 Å². The molecule has 1 amide bonds. The Hall–Kier alpha value is -1.44. The maximum absolute atomic E-state index is 11.1. The first-order valence-corrected chi connectivity index (χ1v) is 5.12. The Morgan fingerprint density at radius 1 is 1.40 bits per heavy atom. The number of hydrogen-bond acceptors (Lipinski definition) is 3. The highest BCUT2D eigenvalue weighted by molar-refractivity contribution is 7.80. The summed E-state index contributed by atoms with van der Waals surface area (Å²) < 4.78 is 0. The van der Waals surface area contributed by atoms with Crippen molar-refractivity contribution in [1.29, 1.82) is 0 Å². The maximum Gasteiger partial charge on any atom is 0.265 e. The molecule has 0 unspecified atom stereocenters. The van der Waals surface area contributed by atoms with Gasteiger partial charge in [-0.25, -0.2) is 5.84 Å². The monoisotopic (exact) mass is 220 g/mol. The van der Waals surface area contributed by atoms with Crippen LogP contribution in [0.1, 0.15) is 22.3 Å². The van der Waals surface area contributed by atoms with Crippen LogP contribution in [0.3, 0.4) is 0 Å². The van der Waals surface area contributed by atoms with Gasteiger partial charge in [-0.1, -0.05) is 11.8 Å². The molecule has 0 saturated heterocycles. The zero-order valence-corrected chi connectivity index (χ0v) is 9.05. The molecule has 4 heteroatoms. The zero-order valence-electron chi connectivity index (χ0n) is 8.16. The number of nitrogens with one attached hydrogen (secondary N) is 1. The van der Waals surface area contributed by atoms with Crippen molar-refractivity contribution in [3.8, 4) is 11.8 Å². The molecule has 0 aromatic heterocycles. The molecule has 0 saturated carbocycles. The Bertz CT molecular complexity index is 389. The number of benzene rings is 1. The SMILES string of the molecule is NNC(=O)c1ccc(C#CCCS)cc1. The molecule has 0 aliphatic heterocycles. The van der Waals surface area contributed by atoms with Crippen LogP contribution in [-0.2, 0) is 0 Å². The van der Waals surface area contributed by atoms with Gasteiger partial charge in [-0.15, -0.1) is 0 Å². The predicted octanol–water partition coefficient (Wildman–Crippen LogP) is 0.961. The molecule has 78 valence electrons. The molecule has 0 atom stereocenters. The first-order valence-electron chi connectivity index (χ1n) is 4.48. The first-order chi connectivity index (χ1) is 7.27. The summed E-state index contributed by atoms with van der Waals surface area (Å²) in [6.45, 7) is 0. The Morgan fingerprint density at radius 2 is 2.07 bits per heavy atom. The molecule has 0 aliphatic rings. The van der Waals surface area contributed by atoms with E-state index in [1.54, 1.807) is 24.3 Å². The van der Waals surface area contributed by atoms with Crippen molar-refractivity contribution in [1.82, 2.24) is 5.43 Å². The molecule has 0 radical (unpaired) electrons. The Kier molecular flexibility index (Phi) is 4.75. The lowest BCUT2D eigenvalue weighted by molar-refractivity contribution is 0.0953. The van der Waals surface area contributed by atoms with Crippen LogP contribution in [0.15, 0.2) is 24.3 Å². The topological polar surface area (TPSA) is 55.1 Å². The number of hydrazine groups is 1. The van der Waals surface area contributed by atoms with Gasteiger partial charge in [0.15, 0.2) is 0 Å². The van der Waals surface area contributed by atoms with E-state index in [1.807, 2.05) is 0 Å². The van der Waals surface area contributed by atoms with E-state index < -0.39 is 0 Å². The molecular weight excluding hydrogens is 208 g/mol. The number of hydrogen-bond donors (Lipinski definition) is 3.